The van der Waals surface area contributed by atoms with E-state index in [0.717, 1.165) is 26.9 Å². The largest absolute Gasteiger partial charge is 0.326 e. The second kappa shape index (κ2) is 5.26. The Morgan fingerprint density at radius 1 is 1.14 bits per heavy atom. The van der Waals surface area contributed by atoms with Crippen LogP contribution in [0.4, 0.5) is 10.1 Å². The number of carbonyl (C=O) groups excluding carboxylic acids is 1. The number of hydrogen-bond acceptors (Lipinski definition) is 1. The molecule has 2 aromatic carbocycles. The van der Waals surface area contributed by atoms with E-state index < -0.39 is 0 Å². The van der Waals surface area contributed by atoms with E-state index in [-0.39, 0.29) is 24.1 Å². The number of halogens is 2. The van der Waals surface area contributed by atoms with Crippen molar-refractivity contribution < 1.29 is 9.18 Å². The fraction of sp³-hybridized carbons (Fsp3) is 0.235. The van der Waals surface area contributed by atoms with Crippen molar-refractivity contribution in [2.75, 3.05) is 5.32 Å². The van der Waals surface area contributed by atoms with Gasteiger partial charge in [0.15, 0.2) is 0 Å². The number of amides is 1. The number of nitrogens with one attached hydrogen (secondary N) is 1. The maximum absolute atomic E-state index is 14.2. The third kappa shape index (κ3) is 2.60. The maximum Gasteiger partial charge on any atom is 0.225 e. The van der Waals surface area contributed by atoms with E-state index >= 15 is 0 Å². The van der Waals surface area contributed by atoms with E-state index in [9.17, 15) is 9.18 Å². The number of aryl methyl sites for hydroxylation is 2. The molecule has 1 atom stereocenters. The van der Waals surface area contributed by atoms with Gasteiger partial charge >= 0.3 is 0 Å². The minimum absolute atomic E-state index is 0.0740. The quantitative estimate of drug-likeness (QED) is 0.797. The highest BCUT2D eigenvalue weighted by Crippen LogP contribution is 2.40. The Bertz CT molecular complexity index is 742. The third-order valence-electron chi connectivity index (χ3n) is 4.04. The van der Waals surface area contributed by atoms with Crippen LogP contribution in [-0.4, -0.2) is 5.91 Å². The van der Waals surface area contributed by atoms with Gasteiger partial charge in [0, 0.05) is 22.5 Å². The lowest BCUT2D eigenvalue weighted by Crippen LogP contribution is -2.24. The first-order valence-electron chi connectivity index (χ1n) is 6.81. The molecule has 4 heteroatoms. The zero-order valence-corrected chi connectivity index (χ0v) is 13.4. The van der Waals surface area contributed by atoms with Crippen LogP contribution in [0.3, 0.4) is 0 Å². The summed E-state index contributed by atoms with van der Waals surface area (Å²) in [5, 5.41) is 2.89. The summed E-state index contributed by atoms with van der Waals surface area (Å²) in [6.07, 6.45) is 0.267. The van der Waals surface area contributed by atoms with E-state index in [4.69, 9.17) is 0 Å². The van der Waals surface area contributed by atoms with Crippen LogP contribution in [0, 0.1) is 19.7 Å². The molecule has 0 fully saturated rings. The molecule has 0 radical (unpaired) electrons. The first-order chi connectivity index (χ1) is 9.95. The van der Waals surface area contributed by atoms with Gasteiger partial charge in [0.1, 0.15) is 5.82 Å². The third-order valence-corrected chi connectivity index (χ3v) is 4.53. The zero-order valence-electron chi connectivity index (χ0n) is 11.8. The predicted molar refractivity (Wildman–Crippen MR) is 85.1 cm³/mol. The molecule has 0 unspecified atom stereocenters. The molecule has 0 bridgehead atoms. The smallest absolute Gasteiger partial charge is 0.225 e. The summed E-state index contributed by atoms with van der Waals surface area (Å²) in [5.74, 6) is -0.595. The Morgan fingerprint density at radius 2 is 1.86 bits per heavy atom. The minimum Gasteiger partial charge on any atom is -0.326 e. The molecule has 3 rings (SSSR count). The molecule has 0 spiro atoms. The molecular formula is C17H15BrFNO. The van der Waals surface area contributed by atoms with Gasteiger partial charge in [0.2, 0.25) is 5.91 Å². The fourth-order valence-corrected chi connectivity index (χ4v) is 3.17. The van der Waals surface area contributed by atoms with Crippen molar-refractivity contribution in [3.05, 3.63) is 62.9 Å². The molecule has 0 aliphatic carbocycles. The maximum atomic E-state index is 14.2. The molecule has 0 saturated carbocycles. The van der Waals surface area contributed by atoms with Crippen LogP contribution >= 0.6 is 15.9 Å². The Hall–Kier alpha value is -1.68. The van der Waals surface area contributed by atoms with Crippen molar-refractivity contribution in [3.63, 3.8) is 0 Å². The highest BCUT2D eigenvalue weighted by Gasteiger charge is 2.29. The molecule has 2 nitrogen and oxygen atoms in total. The zero-order chi connectivity index (χ0) is 15.1. The van der Waals surface area contributed by atoms with Crippen molar-refractivity contribution >= 4 is 27.5 Å². The Kier molecular flexibility index (Phi) is 3.57. The number of rotatable bonds is 1. The van der Waals surface area contributed by atoms with Gasteiger partial charge in [-0.1, -0.05) is 22.0 Å². The molecule has 1 aliphatic heterocycles. The van der Waals surface area contributed by atoms with E-state index in [1.165, 1.54) is 6.07 Å². The van der Waals surface area contributed by atoms with E-state index in [1.54, 1.807) is 12.1 Å². The monoisotopic (exact) mass is 347 g/mol. The first kappa shape index (κ1) is 14.3. The average Bonchev–Trinajstić information content (AvgIpc) is 2.43. The summed E-state index contributed by atoms with van der Waals surface area (Å²) in [4.78, 5) is 12.0. The molecule has 0 saturated heterocycles. The predicted octanol–water partition coefficient (Wildman–Crippen LogP) is 4.68. The average molecular weight is 348 g/mol. The number of anilines is 1. The molecule has 2 aromatic rings. The van der Waals surface area contributed by atoms with Gasteiger partial charge in [-0.25, -0.2) is 4.39 Å². The van der Waals surface area contributed by atoms with Crippen LogP contribution in [0.5, 0.6) is 0 Å². The summed E-state index contributed by atoms with van der Waals surface area (Å²) in [6, 6.07) is 8.88. The van der Waals surface area contributed by atoms with Gasteiger partial charge in [-0.3, -0.25) is 4.79 Å². The number of fused-ring (bicyclic) bond motifs is 1. The lowest BCUT2D eigenvalue weighted by atomic mass is 9.83. The molecule has 108 valence electrons. The molecule has 1 aliphatic rings. The standard InChI is InChI=1S/C17H15BrFNO/c1-9-5-14-12(13-7-11(18)3-4-15(13)19)8-17(21)20-16(14)6-10(9)2/h3-7,12H,8H2,1-2H3,(H,20,21)/t12-/m1/s1. The van der Waals surface area contributed by atoms with Crippen LogP contribution in [0.25, 0.3) is 0 Å². The topological polar surface area (TPSA) is 29.1 Å². The Balaban J connectivity index is 2.19. The van der Waals surface area contributed by atoms with E-state index in [1.807, 2.05) is 19.9 Å². The lowest BCUT2D eigenvalue weighted by molar-refractivity contribution is -0.116. The van der Waals surface area contributed by atoms with Crippen LogP contribution in [-0.2, 0) is 4.79 Å². The summed E-state index contributed by atoms with van der Waals surface area (Å²) in [5.41, 5.74) is 4.59. The molecule has 1 amide bonds. The summed E-state index contributed by atoms with van der Waals surface area (Å²) < 4.78 is 15.0. The Labute approximate surface area is 131 Å². The van der Waals surface area contributed by atoms with Crippen molar-refractivity contribution in [1.29, 1.82) is 0 Å². The van der Waals surface area contributed by atoms with Crippen LogP contribution in [0.1, 0.15) is 34.6 Å². The van der Waals surface area contributed by atoms with Crippen LogP contribution in [0.2, 0.25) is 0 Å². The van der Waals surface area contributed by atoms with E-state index in [2.05, 4.69) is 27.3 Å². The van der Waals surface area contributed by atoms with Gasteiger partial charge in [-0.15, -0.1) is 0 Å². The van der Waals surface area contributed by atoms with Crippen molar-refractivity contribution in [3.8, 4) is 0 Å². The summed E-state index contributed by atoms with van der Waals surface area (Å²) >= 11 is 3.38. The Morgan fingerprint density at radius 3 is 2.62 bits per heavy atom. The highest BCUT2D eigenvalue weighted by atomic mass is 79.9. The van der Waals surface area contributed by atoms with Crippen molar-refractivity contribution in [1.82, 2.24) is 0 Å². The van der Waals surface area contributed by atoms with Gasteiger partial charge in [0.25, 0.3) is 0 Å². The van der Waals surface area contributed by atoms with Gasteiger partial charge in [0.05, 0.1) is 0 Å². The van der Waals surface area contributed by atoms with Gasteiger partial charge in [-0.05, 0) is 60.4 Å². The van der Waals surface area contributed by atoms with E-state index in [0.29, 0.717) is 5.56 Å². The molecular weight excluding hydrogens is 333 g/mol. The fourth-order valence-electron chi connectivity index (χ4n) is 2.79. The molecule has 1 heterocycles. The van der Waals surface area contributed by atoms with Crippen molar-refractivity contribution in [2.45, 2.75) is 26.2 Å². The van der Waals surface area contributed by atoms with Gasteiger partial charge < -0.3 is 5.32 Å². The molecule has 1 N–H and O–H groups in total. The number of benzene rings is 2. The number of hydrogen-bond donors (Lipinski definition) is 1. The second-order valence-corrected chi connectivity index (χ2v) is 6.41. The normalized spacial score (nSPS) is 17.3. The molecule has 0 aromatic heterocycles. The van der Waals surface area contributed by atoms with Crippen molar-refractivity contribution in [2.24, 2.45) is 0 Å². The first-order valence-corrected chi connectivity index (χ1v) is 7.61. The lowest BCUT2D eigenvalue weighted by Gasteiger charge is -2.27. The van der Waals surface area contributed by atoms with Gasteiger partial charge in [-0.2, -0.15) is 0 Å². The summed E-state index contributed by atoms with van der Waals surface area (Å²) in [6.45, 7) is 4.03. The SMILES string of the molecule is Cc1cc2c(cc1C)[C@@H](c1cc(Br)ccc1F)CC(=O)N2. The minimum atomic E-state index is -0.276. The van der Waals surface area contributed by atoms with Crippen LogP contribution < -0.4 is 5.32 Å². The van der Waals surface area contributed by atoms with Crippen LogP contribution in [0.15, 0.2) is 34.8 Å². The second-order valence-electron chi connectivity index (χ2n) is 5.49. The summed E-state index contributed by atoms with van der Waals surface area (Å²) in [7, 11) is 0. The number of carbonyl (C=O) groups is 1. The highest BCUT2D eigenvalue weighted by molar-refractivity contribution is 9.10. The molecule has 21 heavy (non-hydrogen) atoms.